The predicted octanol–water partition coefficient (Wildman–Crippen LogP) is 1.89. The first-order valence-electron chi connectivity index (χ1n) is 9.38. The molecule has 136 valence electrons. The van der Waals surface area contributed by atoms with Crippen LogP contribution >= 0.6 is 0 Å². The van der Waals surface area contributed by atoms with Gasteiger partial charge in [-0.05, 0) is 36.9 Å². The van der Waals surface area contributed by atoms with Crippen LogP contribution in [0.2, 0.25) is 0 Å². The maximum Gasteiger partial charge on any atom is 0.272 e. The lowest BCUT2D eigenvalue weighted by Crippen LogP contribution is -2.31. The summed E-state index contributed by atoms with van der Waals surface area (Å²) in [7, 11) is 0. The van der Waals surface area contributed by atoms with Crippen molar-refractivity contribution < 1.29 is 4.79 Å². The molecule has 6 heteroatoms. The summed E-state index contributed by atoms with van der Waals surface area (Å²) >= 11 is 0. The van der Waals surface area contributed by atoms with Gasteiger partial charge in [-0.3, -0.25) is 4.79 Å². The van der Waals surface area contributed by atoms with Gasteiger partial charge in [-0.1, -0.05) is 30.3 Å². The Morgan fingerprint density at radius 3 is 2.62 bits per heavy atom. The van der Waals surface area contributed by atoms with Crippen molar-refractivity contribution in [1.82, 2.24) is 14.9 Å². The van der Waals surface area contributed by atoms with Crippen LogP contribution in [0, 0.1) is 5.92 Å². The van der Waals surface area contributed by atoms with E-state index in [1.54, 1.807) is 12.3 Å². The molecule has 3 heterocycles. The molecular formula is C20H25N5O. The summed E-state index contributed by atoms with van der Waals surface area (Å²) in [6, 6.07) is 12.1. The lowest BCUT2D eigenvalue weighted by Gasteiger charge is -2.18. The van der Waals surface area contributed by atoms with Gasteiger partial charge in [-0.15, -0.1) is 0 Å². The molecule has 26 heavy (non-hydrogen) atoms. The molecule has 0 bridgehead atoms. The number of carbonyl (C=O) groups excluding carboxylic acids is 1. The van der Waals surface area contributed by atoms with Gasteiger partial charge in [0.25, 0.3) is 5.91 Å². The molecule has 2 saturated heterocycles. The number of carbonyl (C=O) groups is 1. The van der Waals surface area contributed by atoms with Crippen molar-refractivity contribution in [2.45, 2.75) is 18.8 Å². The quantitative estimate of drug-likeness (QED) is 0.910. The molecule has 0 spiro atoms. The molecule has 1 amide bonds. The van der Waals surface area contributed by atoms with Crippen LogP contribution in [0.25, 0.3) is 0 Å². The largest absolute Gasteiger partial charge is 0.341 e. The van der Waals surface area contributed by atoms with E-state index in [1.807, 2.05) is 23.1 Å². The molecule has 1 aromatic carbocycles. The summed E-state index contributed by atoms with van der Waals surface area (Å²) < 4.78 is 0. The van der Waals surface area contributed by atoms with E-state index in [9.17, 15) is 4.79 Å². The Balaban J connectivity index is 1.52. The first-order valence-corrected chi connectivity index (χ1v) is 9.38. The number of rotatable bonds is 4. The molecule has 0 aliphatic carbocycles. The molecule has 0 radical (unpaired) electrons. The zero-order chi connectivity index (χ0) is 17.9. The summed E-state index contributed by atoms with van der Waals surface area (Å²) in [5.41, 5.74) is 7.73. The average molecular weight is 351 g/mol. The van der Waals surface area contributed by atoms with Crippen molar-refractivity contribution in [2.75, 3.05) is 37.6 Å². The standard InChI is InChI=1S/C20H25N5O/c21-12-16-13-25(14-17(16)15-6-2-1-3-7-15)19(26)18-8-9-22-20(23-18)24-10-4-5-11-24/h1-3,6-9,16-17H,4-5,10-14,21H2/t16-,17+/m1/s1. The number of benzene rings is 1. The molecule has 2 fully saturated rings. The van der Waals surface area contributed by atoms with E-state index in [4.69, 9.17) is 5.73 Å². The Morgan fingerprint density at radius 1 is 1.12 bits per heavy atom. The van der Waals surface area contributed by atoms with Crippen LogP contribution in [0.4, 0.5) is 5.95 Å². The van der Waals surface area contributed by atoms with Crippen molar-refractivity contribution in [3.8, 4) is 0 Å². The maximum absolute atomic E-state index is 13.0. The second-order valence-electron chi connectivity index (χ2n) is 7.16. The molecule has 0 saturated carbocycles. The van der Waals surface area contributed by atoms with Crippen molar-refractivity contribution >= 4 is 11.9 Å². The molecule has 0 unspecified atom stereocenters. The van der Waals surface area contributed by atoms with E-state index < -0.39 is 0 Å². The van der Waals surface area contributed by atoms with Crippen LogP contribution in [0.3, 0.4) is 0 Å². The van der Waals surface area contributed by atoms with Crippen LogP contribution in [0.1, 0.15) is 34.8 Å². The van der Waals surface area contributed by atoms with E-state index in [-0.39, 0.29) is 17.7 Å². The summed E-state index contributed by atoms with van der Waals surface area (Å²) in [5, 5.41) is 0. The monoisotopic (exact) mass is 351 g/mol. The fourth-order valence-electron chi connectivity index (χ4n) is 4.05. The van der Waals surface area contributed by atoms with Crippen molar-refractivity contribution in [2.24, 2.45) is 11.7 Å². The predicted molar refractivity (Wildman–Crippen MR) is 101 cm³/mol. The number of amides is 1. The minimum absolute atomic E-state index is 0.0234. The van der Waals surface area contributed by atoms with E-state index in [0.29, 0.717) is 31.3 Å². The first-order chi connectivity index (χ1) is 12.8. The minimum Gasteiger partial charge on any atom is -0.341 e. The lowest BCUT2D eigenvalue weighted by molar-refractivity contribution is 0.0780. The molecule has 2 aliphatic heterocycles. The third-order valence-electron chi connectivity index (χ3n) is 5.51. The Kier molecular flexibility index (Phi) is 4.84. The highest BCUT2D eigenvalue weighted by Gasteiger charge is 2.36. The fourth-order valence-corrected chi connectivity index (χ4v) is 4.05. The number of nitrogens with two attached hydrogens (primary N) is 1. The van der Waals surface area contributed by atoms with Crippen molar-refractivity contribution in [3.05, 3.63) is 53.9 Å². The second kappa shape index (κ2) is 7.41. The van der Waals surface area contributed by atoms with Gasteiger partial charge in [0.15, 0.2) is 0 Å². The van der Waals surface area contributed by atoms with Crippen LogP contribution in [-0.4, -0.2) is 53.5 Å². The lowest BCUT2D eigenvalue weighted by atomic mass is 9.89. The maximum atomic E-state index is 13.0. The van der Waals surface area contributed by atoms with Gasteiger partial charge in [0.1, 0.15) is 5.69 Å². The van der Waals surface area contributed by atoms with E-state index >= 15 is 0 Å². The Labute approximate surface area is 154 Å². The number of likely N-dealkylation sites (tertiary alicyclic amines) is 1. The summed E-state index contributed by atoms with van der Waals surface area (Å²) in [6.07, 6.45) is 4.01. The smallest absolute Gasteiger partial charge is 0.272 e. The molecule has 2 aliphatic rings. The zero-order valence-electron chi connectivity index (χ0n) is 14.9. The van der Waals surface area contributed by atoms with Crippen LogP contribution < -0.4 is 10.6 Å². The summed E-state index contributed by atoms with van der Waals surface area (Å²) in [6.45, 7) is 3.87. The molecule has 1 aromatic heterocycles. The molecule has 6 nitrogen and oxygen atoms in total. The number of anilines is 1. The van der Waals surface area contributed by atoms with Gasteiger partial charge in [-0.25, -0.2) is 9.97 Å². The SMILES string of the molecule is NC[C@@H]1CN(C(=O)c2ccnc(N3CCCC3)n2)C[C@H]1c1ccccc1. The second-order valence-corrected chi connectivity index (χ2v) is 7.16. The third kappa shape index (κ3) is 3.29. The average Bonchev–Trinajstić information content (AvgIpc) is 3.38. The number of aromatic nitrogens is 2. The highest BCUT2D eigenvalue weighted by Crippen LogP contribution is 2.32. The highest BCUT2D eigenvalue weighted by molar-refractivity contribution is 5.92. The zero-order valence-corrected chi connectivity index (χ0v) is 14.9. The van der Waals surface area contributed by atoms with Crippen LogP contribution in [0.15, 0.2) is 42.6 Å². The Bertz CT molecular complexity index is 760. The van der Waals surface area contributed by atoms with E-state index in [2.05, 4.69) is 27.0 Å². The van der Waals surface area contributed by atoms with Crippen LogP contribution in [-0.2, 0) is 0 Å². The Morgan fingerprint density at radius 2 is 1.88 bits per heavy atom. The molecule has 2 atom stereocenters. The number of nitrogens with zero attached hydrogens (tertiary/aromatic N) is 4. The first kappa shape index (κ1) is 17.0. The number of hydrogen-bond acceptors (Lipinski definition) is 5. The Hall–Kier alpha value is -2.47. The number of hydrogen-bond donors (Lipinski definition) is 1. The van der Waals surface area contributed by atoms with Gasteiger partial charge in [0.2, 0.25) is 5.95 Å². The third-order valence-corrected chi connectivity index (χ3v) is 5.51. The van der Waals surface area contributed by atoms with E-state index in [1.165, 1.54) is 5.56 Å². The normalized spacial score (nSPS) is 22.8. The molecule has 2 aromatic rings. The van der Waals surface area contributed by atoms with Gasteiger partial charge >= 0.3 is 0 Å². The minimum atomic E-state index is -0.0234. The van der Waals surface area contributed by atoms with E-state index in [0.717, 1.165) is 25.9 Å². The topological polar surface area (TPSA) is 75.3 Å². The van der Waals surface area contributed by atoms with Gasteiger partial charge in [0.05, 0.1) is 0 Å². The fraction of sp³-hybridized carbons (Fsp3) is 0.450. The molecular weight excluding hydrogens is 326 g/mol. The summed E-state index contributed by atoms with van der Waals surface area (Å²) in [5.74, 6) is 1.21. The van der Waals surface area contributed by atoms with Gasteiger partial charge in [-0.2, -0.15) is 0 Å². The van der Waals surface area contributed by atoms with Crippen molar-refractivity contribution in [3.63, 3.8) is 0 Å². The molecule has 4 rings (SSSR count). The van der Waals surface area contributed by atoms with Crippen LogP contribution in [0.5, 0.6) is 0 Å². The van der Waals surface area contributed by atoms with Gasteiger partial charge < -0.3 is 15.5 Å². The van der Waals surface area contributed by atoms with Gasteiger partial charge in [0, 0.05) is 38.3 Å². The van der Waals surface area contributed by atoms with Crippen molar-refractivity contribution in [1.29, 1.82) is 0 Å². The highest BCUT2D eigenvalue weighted by atomic mass is 16.2. The summed E-state index contributed by atoms with van der Waals surface area (Å²) in [4.78, 5) is 26.0. The molecule has 2 N–H and O–H groups in total.